The van der Waals surface area contributed by atoms with Crippen molar-refractivity contribution in [3.05, 3.63) is 77.4 Å². The molecule has 24 heavy (non-hydrogen) atoms. The Morgan fingerprint density at radius 2 is 1.33 bits per heavy atom. The third-order valence-corrected chi connectivity index (χ3v) is 4.34. The Balaban J connectivity index is 1.89. The van der Waals surface area contributed by atoms with Crippen molar-refractivity contribution < 1.29 is 14.4 Å². The van der Waals surface area contributed by atoms with Crippen LogP contribution in [0.2, 0.25) is 0 Å². The van der Waals surface area contributed by atoms with E-state index >= 15 is 0 Å². The molecule has 0 spiro atoms. The molecular weight excluding hydrogens is 326 g/mol. The molecule has 0 N–H and O–H groups in total. The van der Waals surface area contributed by atoms with Crippen molar-refractivity contribution in [2.24, 2.45) is 0 Å². The van der Waals surface area contributed by atoms with Crippen LogP contribution in [0.5, 0.6) is 0 Å². The third-order valence-electron chi connectivity index (χ3n) is 4.12. The van der Waals surface area contributed by atoms with Crippen molar-refractivity contribution in [1.82, 2.24) is 0 Å². The van der Waals surface area contributed by atoms with Crippen LogP contribution in [0, 0.1) is 0 Å². The molecule has 3 aromatic carbocycles. The molecule has 1 aliphatic rings. The number of halogens is 1. The Morgan fingerprint density at radius 3 is 1.83 bits per heavy atom. The summed E-state index contributed by atoms with van der Waals surface area (Å²) in [5.74, 6) is -0.761. The Morgan fingerprint density at radius 1 is 0.792 bits per heavy atom. The van der Waals surface area contributed by atoms with Gasteiger partial charge in [-0.05, 0) is 53.4 Å². The summed E-state index contributed by atoms with van der Waals surface area (Å²) in [6.07, 6.45) is 0. The summed E-state index contributed by atoms with van der Waals surface area (Å²) in [7, 11) is 0. The molecule has 0 atom stereocenters. The largest absolute Gasteiger partial charge is 0.276 e. The maximum Gasteiger partial charge on any atom is 0.265 e. The molecule has 0 bridgehead atoms. The lowest BCUT2D eigenvalue weighted by Gasteiger charge is -2.27. The highest BCUT2D eigenvalue weighted by Crippen LogP contribution is 2.32. The average molecular weight is 336 g/mol. The van der Waals surface area contributed by atoms with Gasteiger partial charge in [0.05, 0.1) is 5.69 Å². The van der Waals surface area contributed by atoms with Gasteiger partial charge in [0.2, 0.25) is 0 Å². The second kappa shape index (κ2) is 5.28. The maximum absolute atomic E-state index is 12.8. The van der Waals surface area contributed by atoms with E-state index in [1.165, 1.54) is 12.1 Å². The summed E-state index contributed by atoms with van der Waals surface area (Å²) in [5, 5.41) is 0.946. The van der Waals surface area contributed by atoms with Gasteiger partial charge >= 0.3 is 0 Å². The first-order valence-electron chi connectivity index (χ1n) is 7.28. The van der Waals surface area contributed by atoms with Crippen LogP contribution in [-0.4, -0.2) is 17.1 Å². The van der Waals surface area contributed by atoms with Crippen molar-refractivity contribution in [1.29, 1.82) is 0 Å². The fourth-order valence-electron chi connectivity index (χ4n) is 3.01. The molecule has 2 amide bonds. The van der Waals surface area contributed by atoms with Crippen molar-refractivity contribution in [3.63, 3.8) is 0 Å². The molecule has 4 rings (SSSR count). The van der Waals surface area contributed by atoms with Gasteiger partial charge in [0, 0.05) is 22.1 Å². The summed E-state index contributed by atoms with van der Waals surface area (Å²) < 4.78 is 0. The van der Waals surface area contributed by atoms with Crippen LogP contribution >= 0.6 is 11.6 Å². The molecule has 3 aromatic rings. The molecule has 0 saturated carbocycles. The highest BCUT2D eigenvalue weighted by Gasteiger charge is 2.33. The lowest BCUT2D eigenvalue weighted by molar-refractivity contribution is 0.0893. The number of amides is 2. The summed E-state index contributed by atoms with van der Waals surface area (Å²) in [6, 6.07) is 16.8. The quantitative estimate of drug-likeness (QED) is 0.525. The number of anilines is 1. The van der Waals surface area contributed by atoms with Gasteiger partial charge in [-0.1, -0.05) is 24.3 Å². The Labute approximate surface area is 142 Å². The van der Waals surface area contributed by atoms with E-state index < -0.39 is 5.24 Å². The minimum atomic E-state index is -0.590. The SMILES string of the molecule is O=C(Cl)c1ccc(N2C(=O)c3cccc4cccc(c34)C2=O)cc1. The van der Waals surface area contributed by atoms with Gasteiger partial charge in [0.25, 0.3) is 17.1 Å². The Kier molecular flexibility index (Phi) is 3.22. The average Bonchev–Trinajstić information content (AvgIpc) is 2.60. The normalized spacial score (nSPS) is 13.5. The first-order valence-corrected chi connectivity index (χ1v) is 7.66. The van der Waals surface area contributed by atoms with E-state index in [4.69, 9.17) is 11.6 Å². The molecule has 1 heterocycles. The lowest BCUT2D eigenvalue weighted by Crippen LogP contribution is -2.40. The predicted molar refractivity (Wildman–Crippen MR) is 91.7 cm³/mol. The predicted octanol–water partition coefficient (Wildman–Crippen LogP) is 4.02. The summed E-state index contributed by atoms with van der Waals surface area (Å²) in [6.45, 7) is 0. The van der Waals surface area contributed by atoms with E-state index in [0.717, 1.165) is 10.3 Å². The molecule has 116 valence electrons. The third kappa shape index (κ3) is 2.04. The van der Waals surface area contributed by atoms with Gasteiger partial charge < -0.3 is 0 Å². The fraction of sp³-hybridized carbons (Fsp3) is 0. The van der Waals surface area contributed by atoms with Crippen LogP contribution in [0.15, 0.2) is 60.7 Å². The van der Waals surface area contributed by atoms with Crippen LogP contribution in [0.3, 0.4) is 0 Å². The summed E-state index contributed by atoms with van der Waals surface area (Å²) in [5.41, 5.74) is 1.68. The molecular formula is C19H10ClNO3. The van der Waals surface area contributed by atoms with Crippen LogP contribution in [0.4, 0.5) is 5.69 Å². The van der Waals surface area contributed by atoms with Crippen LogP contribution < -0.4 is 4.90 Å². The number of imide groups is 1. The monoisotopic (exact) mass is 335 g/mol. The Hall–Kier alpha value is -2.98. The molecule has 5 heteroatoms. The molecule has 4 nitrogen and oxygen atoms in total. The van der Waals surface area contributed by atoms with Crippen LogP contribution in [0.25, 0.3) is 10.8 Å². The molecule has 0 unspecified atom stereocenters. The van der Waals surface area contributed by atoms with E-state index in [-0.39, 0.29) is 11.8 Å². The van der Waals surface area contributed by atoms with Gasteiger partial charge in [0.15, 0.2) is 0 Å². The zero-order valence-corrected chi connectivity index (χ0v) is 13.1. The van der Waals surface area contributed by atoms with Gasteiger partial charge in [-0.15, -0.1) is 0 Å². The van der Waals surface area contributed by atoms with Crippen LogP contribution in [0.1, 0.15) is 31.1 Å². The molecule has 0 radical (unpaired) electrons. The highest BCUT2D eigenvalue weighted by atomic mass is 35.5. The standard InChI is InChI=1S/C19H10ClNO3/c20-17(22)12-7-9-13(10-8-12)21-18(23)14-5-1-3-11-4-2-6-15(16(11)14)19(21)24/h1-10H. The van der Waals surface area contributed by atoms with Gasteiger partial charge in [-0.2, -0.15) is 0 Å². The van der Waals surface area contributed by atoms with E-state index in [0.29, 0.717) is 27.8 Å². The number of carbonyl (C=O) groups excluding carboxylic acids is 3. The second-order valence-corrected chi connectivity index (χ2v) is 5.82. The minimum Gasteiger partial charge on any atom is -0.276 e. The van der Waals surface area contributed by atoms with Gasteiger partial charge in [0.1, 0.15) is 0 Å². The molecule has 1 aliphatic heterocycles. The van der Waals surface area contributed by atoms with Crippen molar-refractivity contribution in [3.8, 4) is 0 Å². The first kappa shape index (κ1) is 14.6. The number of nitrogens with zero attached hydrogens (tertiary/aromatic N) is 1. The van der Waals surface area contributed by atoms with Crippen molar-refractivity contribution in [2.45, 2.75) is 0 Å². The molecule has 0 saturated heterocycles. The number of rotatable bonds is 2. The van der Waals surface area contributed by atoms with E-state index in [1.54, 1.807) is 36.4 Å². The maximum atomic E-state index is 12.8. The van der Waals surface area contributed by atoms with Crippen molar-refractivity contribution in [2.75, 3.05) is 4.90 Å². The number of hydrogen-bond acceptors (Lipinski definition) is 3. The second-order valence-electron chi connectivity index (χ2n) is 5.48. The van der Waals surface area contributed by atoms with E-state index in [1.807, 2.05) is 12.1 Å². The molecule has 0 aromatic heterocycles. The highest BCUT2D eigenvalue weighted by molar-refractivity contribution is 6.67. The smallest absolute Gasteiger partial charge is 0.265 e. The topological polar surface area (TPSA) is 54.5 Å². The lowest BCUT2D eigenvalue weighted by atomic mass is 9.94. The van der Waals surface area contributed by atoms with Crippen LogP contribution in [-0.2, 0) is 0 Å². The minimum absolute atomic E-state index is 0.305. The fourth-order valence-corrected chi connectivity index (χ4v) is 3.13. The zero-order valence-electron chi connectivity index (χ0n) is 12.3. The molecule has 0 fully saturated rings. The number of benzene rings is 3. The first-order chi connectivity index (χ1) is 11.6. The van der Waals surface area contributed by atoms with Gasteiger partial charge in [-0.3, -0.25) is 14.4 Å². The Bertz CT molecular complexity index is 974. The van der Waals surface area contributed by atoms with Gasteiger partial charge in [-0.25, -0.2) is 4.90 Å². The van der Waals surface area contributed by atoms with Crippen molar-refractivity contribution >= 4 is 45.1 Å². The van der Waals surface area contributed by atoms with E-state index in [9.17, 15) is 14.4 Å². The zero-order chi connectivity index (χ0) is 16.8. The number of hydrogen-bond donors (Lipinski definition) is 0. The number of carbonyl (C=O) groups is 3. The molecule has 0 aliphatic carbocycles. The summed E-state index contributed by atoms with van der Waals surface area (Å²) in [4.78, 5) is 38.0. The summed E-state index contributed by atoms with van der Waals surface area (Å²) >= 11 is 5.43. The van der Waals surface area contributed by atoms with E-state index in [2.05, 4.69) is 0 Å².